The smallest absolute Gasteiger partial charge is 0.255 e. The molecule has 0 atom stereocenters. The van der Waals surface area contributed by atoms with Gasteiger partial charge in [0.2, 0.25) is 0 Å². The summed E-state index contributed by atoms with van der Waals surface area (Å²) in [6.07, 6.45) is 0. The quantitative estimate of drug-likeness (QED) is 0.441. The van der Waals surface area contributed by atoms with Gasteiger partial charge in [0.1, 0.15) is 28.7 Å². The van der Waals surface area contributed by atoms with Crippen LogP contribution < -0.4 is 14.8 Å². The van der Waals surface area contributed by atoms with Crippen LogP contribution in [0.5, 0.6) is 11.5 Å². The normalized spacial score (nSPS) is 11.1. The fourth-order valence-corrected chi connectivity index (χ4v) is 3.85. The zero-order chi connectivity index (χ0) is 23.0. The maximum Gasteiger partial charge on any atom is 0.255 e. The molecule has 0 bridgehead atoms. The van der Waals surface area contributed by atoms with E-state index in [2.05, 4.69) is 10.5 Å². The molecule has 0 aliphatic carbocycles. The second-order valence-electron chi connectivity index (χ2n) is 7.21. The number of methoxy groups -OCH3 is 1. The van der Waals surface area contributed by atoms with Crippen molar-refractivity contribution in [1.29, 1.82) is 0 Å². The van der Waals surface area contributed by atoms with E-state index in [4.69, 9.17) is 18.4 Å². The first-order valence-corrected chi connectivity index (χ1v) is 10.1. The van der Waals surface area contributed by atoms with Gasteiger partial charge in [0.15, 0.2) is 5.76 Å². The van der Waals surface area contributed by atoms with E-state index in [1.165, 1.54) is 25.2 Å². The van der Waals surface area contributed by atoms with Crippen molar-refractivity contribution in [3.63, 3.8) is 0 Å². The predicted octanol–water partition coefficient (Wildman–Crippen LogP) is 5.28. The lowest BCUT2D eigenvalue weighted by atomic mass is 9.99. The average molecular weight is 438 g/mol. The summed E-state index contributed by atoms with van der Waals surface area (Å²) in [5, 5.41) is 7.23. The van der Waals surface area contributed by atoms with Gasteiger partial charge in [-0.05, 0) is 45.0 Å². The first kappa shape index (κ1) is 21.4. The first-order valence-electron chi connectivity index (χ1n) is 10.1. The number of amides is 1. The molecule has 0 aliphatic rings. The molecular formula is C24H23FN2O5. The van der Waals surface area contributed by atoms with Crippen molar-refractivity contribution >= 4 is 16.9 Å². The average Bonchev–Trinajstić information content (AvgIpc) is 3.31. The molecule has 2 aromatic heterocycles. The van der Waals surface area contributed by atoms with Crippen molar-refractivity contribution in [3.05, 3.63) is 53.2 Å². The predicted molar refractivity (Wildman–Crippen MR) is 118 cm³/mol. The summed E-state index contributed by atoms with van der Waals surface area (Å²) in [4.78, 5) is 12.9. The van der Waals surface area contributed by atoms with Crippen molar-refractivity contribution in [3.8, 4) is 33.9 Å². The molecule has 0 saturated heterocycles. The highest BCUT2D eigenvalue weighted by Gasteiger charge is 2.27. The lowest BCUT2D eigenvalue weighted by Gasteiger charge is -2.10. The molecule has 1 N–H and O–H groups in total. The highest BCUT2D eigenvalue weighted by atomic mass is 19.1. The van der Waals surface area contributed by atoms with Crippen molar-refractivity contribution in [1.82, 2.24) is 10.5 Å². The Morgan fingerprint density at radius 2 is 1.94 bits per heavy atom. The van der Waals surface area contributed by atoms with Gasteiger partial charge in [0.05, 0.1) is 36.1 Å². The molecule has 0 unspecified atom stereocenters. The number of aromatic nitrogens is 1. The number of ether oxygens (including phenoxy) is 2. The molecule has 7 nitrogen and oxygen atoms in total. The highest BCUT2D eigenvalue weighted by molar-refractivity contribution is 6.12. The number of hydrogen-bond donors (Lipinski definition) is 1. The molecule has 4 rings (SSSR count). The molecule has 0 aliphatic heterocycles. The van der Waals surface area contributed by atoms with E-state index in [0.29, 0.717) is 45.9 Å². The Labute approximate surface area is 184 Å². The molecule has 4 aromatic rings. The van der Waals surface area contributed by atoms with Crippen molar-refractivity contribution in [2.24, 2.45) is 0 Å². The Balaban J connectivity index is 2.05. The summed E-state index contributed by atoms with van der Waals surface area (Å²) in [6.45, 7) is 5.78. The van der Waals surface area contributed by atoms with Crippen LogP contribution in [0.2, 0.25) is 0 Å². The van der Waals surface area contributed by atoms with Gasteiger partial charge in [-0.2, -0.15) is 0 Å². The van der Waals surface area contributed by atoms with Crippen LogP contribution >= 0.6 is 0 Å². The minimum Gasteiger partial charge on any atom is -0.496 e. The van der Waals surface area contributed by atoms with Crippen molar-refractivity contribution < 1.29 is 27.6 Å². The number of nitrogens with one attached hydrogen (secondary N) is 1. The fraction of sp³-hybridized carbons (Fsp3) is 0.250. The van der Waals surface area contributed by atoms with Gasteiger partial charge in [0.25, 0.3) is 5.91 Å². The van der Waals surface area contributed by atoms with E-state index in [-0.39, 0.29) is 17.4 Å². The maximum absolute atomic E-state index is 13.9. The van der Waals surface area contributed by atoms with Gasteiger partial charge in [-0.1, -0.05) is 5.16 Å². The molecule has 8 heteroatoms. The molecule has 32 heavy (non-hydrogen) atoms. The van der Waals surface area contributed by atoms with Crippen LogP contribution in [0.15, 0.2) is 39.3 Å². The number of nitrogens with zero attached hydrogens (tertiary/aromatic N) is 1. The second kappa shape index (κ2) is 8.37. The summed E-state index contributed by atoms with van der Waals surface area (Å²) in [6, 6.07) is 7.65. The van der Waals surface area contributed by atoms with Crippen LogP contribution in [-0.2, 0) is 0 Å². The standard InChI is InChI=1S/C24H23FN2O5/c1-6-30-19-9-14(25)7-8-15(19)23-22(24(28)26-4)17-10-18(29-5)16(11-20(17)31-23)21-12(2)27-32-13(21)3/h7-11H,6H2,1-5H3,(H,26,28). The Kier molecular flexibility index (Phi) is 5.61. The maximum atomic E-state index is 13.9. The fourth-order valence-electron chi connectivity index (χ4n) is 3.85. The van der Waals surface area contributed by atoms with Crippen LogP contribution in [0.1, 0.15) is 28.7 Å². The Hall–Kier alpha value is -3.81. The minimum atomic E-state index is -0.447. The molecule has 166 valence electrons. The molecule has 0 spiro atoms. The lowest BCUT2D eigenvalue weighted by Crippen LogP contribution is -2.18. The number of carbonyl (C=O) groups is 1. The highest BCUT2D eigenvalue weighted by Crippen LogP contribution is 2.43. The van der Waals surface area contributed by atoms with Gasteiger partial charge in [-0.25, -0.2) is 4.39 Å². The van der Waals surface area contributed by atoms with E-state index in [0.717, 1.165) is 11.1 Å². The topological polar surface area (TPSA) is 86.7 Å². The largest absolute Gasteiger partial charge is 0.496 e. The number of carbonyl (C=O) groups excluding carboxylic acids is 1. The number of hydrogen-bond acceptors (Lipinski definition) is 6. The van der Waals surface area contributed by atoms with Gasteiger partial charge in [-0.15, -0.1) is 0 Å². The van der Waals surface area contributed by atoms with E-state index >= 15 is 0 Å². The number of furan rings is 1. The molecule has 2 heterocycles. The second-order valence-corrected chi connectivity index (χ2v) is 7.21. The minimum absolute atomic E-state index is 0.278. The Morgan fingerprint density at radius 1 is 1.16 bits per heavy atom. The number of fused-ring (bicyclic) bond motifs is 1. The molecule has 2 aromatic carbocycles. The van der Waals surface area contributed by atoms with Crippen LogP contribution in [0.25, 0.3) is 33.4 Å². The first-order chi connectivity index (χ1) is 15.4. The summed E-state index contributed by atoms with van der Waals surface area (Å²) < 4.78 is 36.6. The van der Waals surface area contributed by atoms with Crippen molar-refractivity contribution in [2.75, 3.05) is 20.8 Å². The molecule has 0 saturated carbocycles. The Morgan fingerprint density at radius 3 is 2.56 bits per heavy atom. The van der Waals surface area contributed by atoms with E-state index < -0.39 is 5.82 Å². The number of halogens is 1. The van der Waals surface area contributed by atoms with E-state index in [1.54, 1.807) is 26.2 Å². The lowest BCUT2D eigenvalue weighted by molar-refractivity contribution is 0.0964. The number of benzene rings is 2. The monoisotopic (exact) mass is 438 g/mol. The van der Waals surface area contributed by atoms with Gasteiger partial charge in [0, 0.05) is 24.1 Å². The molecular weight excluding hydrogens is 415 g/mol. The number of aryl methyl sites for hydroxylation is 2. The Bertz CT molecular complexity index is 1300. The van der Waals surface area contributed by atoms with Crippen molar-refractivity contribution in [2.45, 2.75) is 20.8 Å². The van der Waals surface area contributed by atoms with Gasteiger partial charge >= 0.3 is 0 Å². The SMILES string of the molecule is CCOc1cc(F)ccc1-c1oc2cc(-c3c(C)noc3C)c(OC)cc2c1C(=O)NC. The molecule has 0 radical (unpaired) electrons. The van der Waals surface area contributed by atoms with Gasteiger partial charge in [-0.3, -0.25) is 4.79 Å². The summed E-state index contributed by atoms with van der Waals surface area (Å²) >= 11 is 0. The van der Waals surface area contributed by atoms with Crippen LogP contribution in [-0.4, -0.2) is 31.8 Å². The zero-order valence-corrected chi connectivity index (χ0v) is 18.5. The van der Waals surface area contributed by atoms with E-state index in [9.17, 15) is 9.18 Å². The van der Waals surface area contributed by atoms with Crippen LogP contribution in [0, 0.1) is 19.7 Å². The van der Waals surface area contributed by atoms with Gasteiger partial charge < -0.3 is 23.7 Å². The molecule has 1 amide bonds. The summed E-state index contributed by atoms with van der Waals surface area (Å²) in [7, 11) is 3.09. The van der Waals surface area contributed by atoms with Crippen LogP contribution in [0.3, 0.4) is 0 Å². The third kappa shape index (κ3) is 3.47. The van der Waals surface area contributed by atoms with E-state index in [1.807, 2.05) is 13.8 Å². The number of rotatable bonds is 6. The van der Waals surface area contributed by atoms with Crippen LogP contribution in [0.4, 0.5) is 4.39 Å². The third-order valence-electron chi connectivity index (χ3n) is 5.26. The third-order valence-corrected chi connectivity index (χ3v) is 5.26. The summed E-state index contributed by atoms with van der Waals surface area (Å²) in [5.74, 6) is 0.939. The zero-order valence-electron chi connectivity index (χ0n) is 18.5. The molecule has 0 fully saturated rings. The summed E-state index contributed by atoms with van der Waals surface area (Å²) in [5.41, 5.74) is 3.46.